The molecule has 2 rings (SSSR count). The van der Waals surface area contributed by atoms with Crippen molar-refractivity contribution in [2.45, 2.75) is 13.8 Å². The van der Waals surface area contributed by atoms with Gasteiger partial charge >= 0.3 is 0 Å². The van der Waals surface area contributed by atoms with Crippen LogP contribution in [0.3, 0.4) is 0 Å². The number of hydrazone groups is 1. The van der Waals surface area contributed by atoms with Crippen molar-refractivity contribution in [2.75, 3.05) is 0 Å². The fraction of sp³-hybridized carbons (Fsp3) is 0.176. The van der Waals surface area contributed by atoms with Gasteiger partial charge in [0, 0.05) is 5.56 Å². The SMILES string of the molecule is CC(C)/C(=N\NC(=O)c1ccc(F)cc1)c1ccccc1. The van der Waals surface area contributed by atoms with Crippen LogP contribution in [0.1, 0.15) is 29.8 Å². The number of rotatable bonds is 4. The molecule has 108 valence electrons. The van der Waals surface area contributed by atoms with Gasteiger partial charge in [0.25, 0.3) is 5.91 Å². The van der Waals surface area contributed by atoms with E-state index in [0.717, 1.165) is 11.3 Å². The van der Waals surface area contributed by atoms with E-state index in [0.29, 0.717) is 5.56 Å². The molecule has 0 saturated carbocycles. The fourth-order valence-corrected chi connectivity index (χ4v) is 1.91. The lowest BCUT2D eigenvalue weighted by Crippen LogP contribution is -2.22. The smallest absolute Gasteiger partial charge is 0.267 e. The highest BCUT2D eigenvalue weighted by Gasteiger charge is 2.10. The Labute approximate surface area is 123 Å². The zero-order valence-corrected chi connectivity index (χ0v) is 12.0. The largest absolute Gasteiger partial charge is 0.271 e. The number of nitrogens with one attached hydrogen (secondary N) is 1. The van der Waals surface area contributed by atoms with E-state index in [1.54, 1.807) is 0 Å². The van der Waals surface area contributed by atoms with Crippen LogP contribution in [-0.2, 0) is 0 Å². The summed E-state index contributed by atoms with van der Waals surface area (Å²) < 4.78 is 12.8. The summed E-state index contributed by atoms with van der Waals surface area (Å²) in [5.41, 5.74) is 4.66. The average molecular weight is 284 g/mol. The monoisotopic (exact) mass is 284 g/mol. The van der Waals surface area contributed by atoms with Gasteiger partial charge in [-0.25, -0.2) is 9.82 Å². The molecule has 1 N–H and O–H groups in total. The number of hydrogen-bond donors (Lipinski definition) is 1. The van der Waals surface area contributed by atoms with Crippen LogP contribution in [0.5, 0.6) is 0 Å². The van der Waals surface area contributed by atoms with Crippen molar-refractivity contribution in [2.24, 2.45) is 11.0 Å². The summed E-state index contributed by atoms with van der Waals surface area (Å²) in [7, 11) is 0. The molecule has 21 heavy (non-hydrogen) atoms. The maximum absolute atomic E-state index is 12.8. The standard InChI is InChI=1S/C17H17FN2O/c1-12(2)16(13-6-4-3-5-7-13)19-20-17(21)14-8-10-15(18)11-9-14/h3-12H,1-2H3,(H,20,21)/b19-16+. The first-order chi connectivity index (χ1) is 10.1. The van der Waals surface area contributed by atoms with Gasteiger partial charge in [-0.05, 0) is 35.7 Å². The maximum Gasteiger partial charge on any atom is 0.271 e. The molecule has 0 unspecified atom stereocenters. The van der Waals surface area contributed by atoms with Gasteiger partial charge in [0.1, 0.15) is 5.82 Å². The number of benzene rings is 2. The van der Waals surface area contributed by atoms with Crippen LogP contribution in [-0.4, -0.2) is 11.6 Å². The highest BCUT2D eigenvalue weighted by Crippen LogP contribution is 2.09. The zero-order chi connectivity index (χ0) is 15.2. The molecule has 1 amide bonds. The Morgan fingerprint density at radius 1 is 1.00 bits per heavy atom. The number of nitrogens with zero attached hydrogens (tertiary/aromatic N) is 1. The molecular formula is C17H17FN2O. The van der Waals surface area contributed by atoms with Crippen LogP contribution in [0.15, 0.2) is 59.7 Å². The second-order valence-corrected chi connectivity index (χ2v) is 4.97. The minimum absolute atomic E-state index is 0.168. The molecule has 3 nitrogen and oxygen atoms in total. The van der Waals surface area contributed by atoms with E-state index in [-0.39, 0.29) is 17.6 Å². The normalized spacial score (nSPS) is 11.5. The second-order valence-electron chi connectivity index (χ2n) is 4.97. The molecule has 2 aromatic rings. The van der Waals surface area contributed by atoms with Crippen LogP contribution in [0, 0.1) is 11.7 Å². The van der Waals surface area contributed by atoms with Crippen molar-refractivity contribution in [3.05, 3.63) is 71.5 Å². The summed E-state index contributed by atoms with van der Waals surface area (Å²) in [5.74, 6) is -0.563. The average Bonchev–Trinajstić information content (AvgIpc) is 2.48. The minimum Gasteiger partial charge on any atom is -0.267 e. The van der Waals surface area contributed by atoms with Crippen molar-refractivity contribution in [1.82, 2.24) is 5.43 Å². The summed E-state index contributed by atoms with van der Waals surface area (Å²) in [6.07, 6.45) is 0. The molecule has 0 aromatic heterocycles. The van der Waals surface area contributed by atoms with Gasteiger partial charge in [0.2, 0.25) is 0 Å². The lowest BCUT2D eigenvalue weighted by atomic mass is 10.0. The van der Waals surface area contributed by atoms with Gasteiger partial charge in [-0.2, -0.15) is 5.10 Å². The Kier molecular flexibility index (Phi) is 4.82. The van der Waals surface area contributed by atoms with Gasteiger partial charge in [0.05, 0.1) is 5.71 Å². The van der Waals surface area contributed by atoms with Crippen molar-refractivity contribution in [3.8, 4) is 0 Å². The van der Waals surface area contributed by atoms with E-state index in [1.165, 1.54) is 24.3 Å². The molecule has 2 aromatic carbocycles. The number of halogens is 1. The van der Waals surface area contributed by atoms with E-state index >= 15 is 0 Å². The molecule has 0 bridgehead atoms. The molecule has 4 heteroatoms. The molecule has 0 spiro atoms. The van der Waals surface area contributed by atoms with E-state index in [4.69, 9.17) is 0 Å². The Bertz CT molecular complexity index is 634. The van der Waals surface area contributed by atoms with Gasteiger partial charge in [-0.1, -0.05) is 44.2 Å². The van der Waals surface area contributed by atoms with E-state index in [9.17, 15) is 9.18 Å². The minimum atomic E-state index is -0.373. The summed E-state index contributed by atoms with van der Waals surface area (Å²) in [6, 6.07) is 15.0. The summed E-state index contributed by atoms with van der Waals surface area (Å²) in [5, 5.41) is 4.22. The van der Waals surface area contributed by atoms with Gasteiger partial charge in [-0.15, -0.1) is 0 Å². The van der Waals surface area contributed by atoms with Crippen LogP contribution >= 0.6 is 0 Å². The zero-order valence-electron chi connectivity index (χ0n) is 12.0. The maximum atomic E-state index is 12.8. The fourth-order valence-electron chi connectivity index (χ4n) is 1.91. The Morgan fingerprint density at radius 2 is 1.62 bits per heavy atom. The van der Waals surface area contributed by atoms with Crippen molar-refractivity contribution >= 4 is 11.6 Å². The van der Waals surface area contributed by atoms with Crippen LogP contribution in [0.2, 0.25) is 0 Å². The summed E-state index contributed by atoms with van der Waals surface area (Å²) >= 11 is 0. The van der Waals surface area contributed by atoms with Gasteiger partial charge in [-0.3, -0.25) is 4.79 Å². The second kappa shape index (κ2) is 6.79. The molecule has 0 heterocycles. The number of carbonyl (C=O) groups is 1. The molecule has 0 atom stereocenters. The quantitative estimate of drug-likeness (QED) is 0.676. The van der Waals surface area contributed by atoms with Crippen LogP contribution < -0.4 is 5.43 Å². The summed E-state index contributed by atoms with van der Waals surface area (Å²) in [4.78, 5) is 12.0. The lowest BCUT2D eigenvalue weighted by Gasteiger charge is -2.10. The Morgan fingerprint density at radius 3 is 2.19 bits per heavy atom. The molecule has 0 aliphatic rings. The first kappa shape index (κ1) is 14.9. The molecule has 0 radical (unpaired) electrons. The van der Waals surface area contributed by atoms with E-state index in [2.05, 4.69) is 10.5 Å². The van der Waals surface area contributed by atoms with Crippen molar-refractivity contribution in [1.29, 1.82) is 0 Å². The van der Waals surface area contributed by atoms with E-state index < -0.39 is 0 Å². The predicted octanol–water partition coefficient (Wildman–Crippen LogP) is 3.62. The third-order valence-corrected chi connectivity index (χ3v) is 3.00. The van der Waals surface area contributed by atoms with Crippen LogP contribution in [0.25, 0.3) is 0 Å². The molecule has 0 aliphatic heterocycles. The van der Waals surface area contributed by atoms with Gasteiger partial charge in [0.15, 0.2) is 0 Å². The topological polar surface area (TPSA) is 41.5 Å². The number of amides is 1. The third-order valence-electron chi connectivity index (χ3n) is 3.00. The Hall–Kier alpha value is -2.49. The molecule has 0 fully saturated rings. The molecule has 0 aliphatic carbocycles. The highest BCUT2D eigenvalue weighted by atomic mass is 19.1. The van der Waals surface area contributed by atoms with Crippen molar-refractivity contribution in [3.63, 3.8) is 0 Å². The predicted molar refractivity (Wildman–Crippen MR) is 81.7 cm³/mol. The van der Waals surface area contributed by atoms with Crippen molar-refractivity contribution < 1.29 is 9.18 Å². The third kappa shape index (κ3) is 3.99. The first-order valence-corrected chi connectivity index (χ1v) is 6.77. The first-order valence-electron chi connectivity index (χ1n) is 6.77. The molecule has 0 saturated heterocycles. The highest BCUT2D eigenvalue weighted by molar-refractivity contribution is 6.03. The number of hydrogen-bond acceptors (Lipinski definition) is 2. The number of carbonyl (C=O) groups excluding carboxylic acids is 1. The Balaban J connectivity index is 2.17. The van der Waals surface area contributed by atoms with Crippen LogP contribution in [0.4, 0.5) is 4.39 Å². The van der Waals surface area contributed by atoms with E-state index in [1.807, 2.05) is 44.2 Å². The summed E-state index contributed by atoms with van der Waals surface area (Å²) in [6.45, 7) is 4.02. The van der Waals surface area contributed by atoms with Gasteiger partial charge < -0.3 is 0 Å². The lowest BCUT2D eigenvalue weighted by molar-refractivity contribution is 0.0954. The molecular weight excluding hydrogens is 267 g/mol.